The Morgan fingerprint density at radius 3 is 2.45 bits per heavy atom. The van der Waals surface area contributed by atoms with E-state index in [4.69, 9.17) is 5.11 Å². The van der Waals surface area contributed by atoms with Gasteiger partial charge in [-0.05, 0) is 24.3 Å². The lowest BCUT2D eigenvalue weighted by Gasteiger charge is -2.07. The van der Waals surface area contributed by atoms with Crippen molar-refractivity contribution in [3.05, 3.63) is 47.8 Å². The Kier molecular flexibility index (Phi) is 5.40. The molecule has 0 aromatic heterocycles. The molecule has 20 heavy (non-hydrogen) atoms. The predicted molar refractivity (Wildman–Crippen MR) is 68.9 cm³/mol. The third kappa shape index (κ3) is 4.20. The zero-order chi connectivity index (χ0) is 15.1. The average Bonchev–Trinajstić information content (AvgIpc) is 2.42. The van der Waals surface area contributed by atoms with Crippen molar-refractivity contribution >= 4 is 17.8 Å². The molecule has 0 saturated heterocycles. The summed E-state index contributed by atoms with van der Waals surface area (Å²) in [6.45, 7) is 3.54. The van der Waals surface area contributed by atoms with Gasteiger partial charge in [0.05, 0.1) is 11.1 Å². The van der Waals surface area contributed by atoms with Gasteiger partial charge in [-0.15, -0.1) is 0 Å². The quantitative estimate of drug-likeness (QED) is 0.524. The molecule has 7 heteroatoms. The van der Waals surface area contributed by atoms with E-state index in [0.29, 0.717) is 0 Å². The van der Waals surface area contributed by atoms with Gasteiger partial charge in [0.25, 0.3) is 5.91 Å². The van der Waals surface area contributed by atoms with Crippen LogP contribution in [0.4, 0.5) is 4.39 Å². The number of benzene rings is 1. The van der Waals surface area contributed by atoms with E-state index < -0.39 is 17.7 Å². The standard InChI is InChI=1S/C13H13FN2O4/c1-2-11(17)15-5-6-16-12(18)9-4-3-8(13(19)20)7-10(9)14/h2-4,7H,1,5-6H2,(H,15,17)(H,16,18)(H,19,20). The SMILES string of the molecule is C=CC(=O)NCCNC(=O)c1ccc(C(=O)O)cc1F. The number of amides is 2. The van der Waals surface area contributed by atoms with Crippen molar-refractivity contribution in [1.29, 1.82) is 0 Å². The fraction of sp³-hybridized carbons (Fsp3) is 0.154. The molecule has 2 amide bonds. The van der Waals surface area contributed by atoms with Gasteiger partial charge in [0.15, 0.2) is 0 Å². The molecule has 0 saturated carbocycles. The van der Waals surface area contributed by atoms with Crippen LogP contribution in [0.15, 0.2) is 30.9 Å². The summed E-state index contributed by atoms with van der Waals surface area (Å²) in [5.74, 6) is -3.26. The number of hydrogen-bond donors (Lipinski definition) is 3. The second-order valence-electron chi connectivity index (χ2n) is 3.75. The maximum absolute atomic E-state index is 13.5. The maximum atomic E-state index is 13.5. The minimum absolute atomic E-state index is 0.110. The van der Waals surface area contributed by atoms with Crippen LogP contribution in [-0.4, -0.2) is 36.0 Å². The molecular weight excluding hydrogens is 267 g/mol. The van der Waals surface area contributed by atoms with Crippen LogP contribution in [0.25, 0.3) is 0 Å². The van der Waals surface area contributed by atoms with Gasteiger partial charge < -0.3 is 15.7 Å². The summed E-state index contributed by atoms with van der Waals surface area (Å²) in [6, 6.07) is 3.01. The zero-order valence-electron chi connectivity index (χ0n) is 10.5. The van der Waals surface area contributed by atoms with Crippen molar-refractivity contribution < 1.29 is 23.9 Å². The first kappa shape index (κ1) is 15.4. The molecule has 0 spiro atoms. The maximum Gasteiger partial charge on any atom is 0.335 e. The van der Waals surface area contributed by atoms with Crippen LogP contribution in [-0.2, 0) is 4.79 Å². The van der Waals surface area contributed by atoms with E-state index in [1.165, 1.54) is 0 Å². The largest absolute Gasteiger partial charge is 0.478 e. The number of rotatable bonds is 6. The fourth-order valence-corrected chi connectivity index (χ4v) is 1.36. The summed E-state index contributed by atoms with van der Waals surface area (Å²) in [5.41, 5.74) is -0.498. The predicted octanol–water partition coefficient (Wildman–Crippen LogP) is 0.556. The van der Waals surface area contributed by atoms with Crippen LogP contribution < -0.4 is 10.6 Å². The highest BCUT2D eigenvalue weighted by atomic mass is 19.1. The number of hydrogen-bond acceptors (Lipinski definition) is 3. The van der Waals surface area contributed by atoms with Gasteiger partial charge in [0.2, 0.25) is 5.91 Å². The van der Waals surface area contributed by atoms with Gasteiger partial charge in [-0.3, -0.25) is 9.59 Å². The minimum atomic E-state index is -1.28. The highest BCUT2D eigenvalue weighted by Crippen LogP contribution is 2.10. The van der Waals surface area contributed by atoms with Crippen LogP contribution in [0.2, 0.25) is 0 Å². The first-order valence-corrected chi connectivity index (χ1v) is 5.67. The summed E-state index contributed by atoms with van der Waals surface area (Å²) in [4.78, 5) is 33.1. The van der Waals surface area contributed by atoms with Crippen molar-refractivity contribution in [2.75, 3.05) is 13.1 Å². The third-order valence-corrected chi connectivity index (χ3v) is 2.36. The number of aromatic carboxylic acids is 1. The molecule has 0 radical (unpaired) electrons. The topological polar surface area (TPSA) is 95.5 Å². The molecule has 0 aliphatic heterocycles. The molecule has 6 nitrogen and oxygen atoms in total. The summed E-state index contributed by atoms with van der Waals surface area (Å²) in [5, 5.41) is 13.5. The molecule has 0 atom stereocenters. The Labute approximate surface area is 114 Å². The van der Waals surface area contributed by atoms with Crippen LogP contribution in [0.5, 0.6) is 0 Å². The molecule has 0 aliphatic carbocycles. The molecule has 0 heterocycles. The van der Waals surface area contributed by atoms with E-state index in [0.717, 1.165) is 24.3 Å². The molecule has 0 aliphatic rings. The molecule has 106 valence electrons. The van der Waals surface area contributed by atoms with Crippen molar-refractivity contribution in [3.63, 3.8) is 0 Å². The van der Waals surface area contributed by atoms with Crippen molar-refractivity contribution in [3.8, 4) is 0 Å². The third-order valence-electron chi connectivity index (χ3n) is 2.36. The van der Waals surface area contributed by atoms with Gasteiger partial charge in [0, 0.05) is 13.1 Å². The van der Waals surface area contributed by atoms with Crippen LogP contribution in [0.3, 0.4) is 0 Å². The lowest BCUT2D eigenvalue weighted by molar-refractivity contribution is -0.116. The fourth-order valence-electron chi connectivity index (χ4n) is 1.36. The van der Waals surface area contributed by atoms with Crippen molar-refractivity contribution in [1.82, 2.24) is 10.6 Å². The highest BCUT2D eigenvalue weighted by molar-refractivity contribution is 5.96. The van der Waals surface area contributed by atoms with Gasteiger partial charge >= 0.3 is 5.97 Å². The van der Waals surface area contributed by atoms with Gasteiger partial charge in [-0.2, -0.15) is 0 Å². The van der Waals surface area contributed by atoms with Gasteiger partial charge in [-0.1, -0.05) is 6.58 Å². The Hall–Kier alpha value is -2.70. The molecule has 0 fully saturated rings. The Morgan fingerprint density at radius 2 is 1.90 bits per heavy atom. The number of halogens is 1. The summed E-state index contributed by atoms with van der Waals surface area (Å²) >= 11 is 0. The lowest BCUT2D eigenvalue weighted by Crippen LogP contribution is -2.34. The molecule has 1 aromatic carbocycles. The van der Waals surface area contributed by atoms with Crippen molar-refractivity contribution in [2.24, 2.45) is 0 Å². The molecule has 0 unspecified atom stereocenters. The van der Waals surface area contributed by atoms with Crippen molar-refractivity contribution in [2.45, 2.75) is 0 Å². The molecule has 1 aromatic rings. The smallest absolute Gasteiger partial charge is 0.335 e. The number of carboxylic acids is 1. The number of nitrogens with one attached hydrogen (secondary N) is 2. The monoisotopic (exact) mass is 280 g/mol. The first-order chi connectivity index (χ1) is 9.45. The van der Waals surface area contributed by atoms with E-state index in [9.17, 15) is 18.8 Å². The average molecular weight is 280 g/mol. The van der Waals surface area contributed by atoms with E-state index in [1.54, 1.807) is 0 Å². The number of carbonyl (C=O) groups excluding carboxylic acids is 2. The van der Waals surface area contributed by atoms with Crippen LogP contribution in [0.1, 0.15) is 20.7 Å². The molecule has 0 bridgehead atoms. The van der Waals surface area contributed by atoms with Gasteiger partial charge in [0.1, 0.15) is 5.82 Å². The summed E-state index contributed by atoms with van der Waals surface area (Å²) < 4.78 is 13.5. The second kappa shape index (κ2) is 7.03. The normalized spacial score (nSPS) is 9.65. The second-order valence-corrected chi connectivity index (χ2v) is 3.75. The number of carbonyl (C=O) groups is 3. The number of carboxylic acid groups (broad SMARTS) is 1. The zero-order valence-corrected chi connectivity index (χ0v) is 10.5. The van der Waals surface area contributed by atoms with E-state index in [1.807, 2.05) is 0 Å². The first-order valence-electron chi connectivity index (χ1n) is 5.67. The molecule has 3 N–H and O–H groups in total. The summed E-state index contributed by atoms with van der Waals surface area (Å²) in [7, 11) is 0. The van der Waals surface area contributed by atoms with E-state index in [-0.39, 0.29) is 30.1 Å². The Bertz CT molecular complexity index is 557. The van der Waals surface area contributed by atoms with Crippen LogP contribution >= 0.6 is 0 Å². The van der Waals surface area contributed by atoms with E-state index in [2.05, 4.69) is 17.2 Å². The molecular formula is C13H13FN2O4. The Morgan fingerprint density at radius 1 is 1.25 bits per heavy atom. The van der Waals surface area contributed by atoms with E-state index >= 15 is 0 Å². The van der Waals surface area contributed by atoms with Crippen LogP contribution in [0, 0.1) is 5.82 Å². The summed E-state index contributed by atoms with van der Waals surface area (Å²) in [6.07, 6.45) is 1.09. The Balaban J connectivity index is 2.57. The highest BCUT2D eigenvalue weighted by Gasteiger charge is 2.13. The minimum Gasteiger partial charge on any atom is -0.478 e. The molecule has 1 rings (SSSR count). The lowest BCUT2D eigenvalue weighted by atomic mass is 10.1. The van der Waals surface area contributed by atoms with Gasteiger partial charge in [-0.25, -0.2) is 9.18 Å².